The molecule has 1 amide bonds. The number of nitrogens with one attached hydrogen (secondary N) is 2. The van der Waals surface area contributed by atoms with Crippen LogP contribution in [-0.4, -0.2) is 24.7 Å². The number of thiophene rings is 1. The number of halogens is 2. The molecule has 16 heavy (non-hydrogen) atoms. The third-order valence-electron chi connectivity index (χ3n) is 2.41. The fraction of sp³-hybridized carbons (Fsp3) is 0.500. The Morgan fingerprint density at radius 2 is 2.50 bits per heavy atom. The Hall–Kier alpha value is -0.650. The van der Waals surface area contributed by atoms with E-state index in [-0.39, 0.29) is 37.3 Å². The molecular formula is C10H14ClFN2OS. The molecular weight excluding hydrogens is 251 g/mol. The van der Waals surface area contributed by atoms with E-state index in [1.54, 1.807) is 11.3 Å². The standard InChI is InChI=1S/C10H13FN2OS.ClH/c11-7-4-9(12-5-7)10(14)13-6-8-2-1-3-15-8;/h1-3,7,9,12H,4-6H2,(H,13,14);1H/t7-,9+;/m0./s1. The summed E-state index contributed by atoms with van der Waals surface area (Å²) in [5, 5.41) is 7.61. The van der Waals surface area contributed by atoms with Gasteiger partial charge in [0.15, 0.2) is 0 Å². The average Bonchev–Trinajstić information content (AvgIpc) is 2.84. The highest BCUT2D eigenvalue weighted by Crippen LogP contribution is 2.11. The van der Waals surface area contributed by atoms with Crippen LogP contribution in [0.25, 0.3) is 0 Å². The van der Waals surface area contributed by atoms with Crippen molar-refractivity contribution in [1.29, 1.82) is 0 Å². The van der Waals surface area contributed by atoms with Crippen LogP contribution in [0.3, 0.4) is 0 Å². The topological polar surface area (TPSA) is 41.1 Å². The molecule has 0 saturated carbocycles. The summed E-state index contributed by atoms with van der Waals surface area (Å²) < 4.78 is 12.8. The van der Waals surface area contributed by atoms with Gasteiger partial charge in [0.1, 0.15) is 6.17 Å². The molecule has 1 aromatic heterocycles. The molecule has 1 saturated heterocycles. The van der Waals surface area contributed by atoms with Crippen LogP contribution in [0.15, 0.2) is 17.5 Å². The Morgan fingerprint density at radius 3 is 3.06 bits per heavy atom. The fourth-order valence-electron chi connectivity index (χ4n) is 1.60. The van der Waals surface area contributed by atoms with Crippen LogP contribution in [0.2, 0.25) is 0 Å². The molecule has 3 nitrogen and oxygen atoms in total. The largest absolute Gasteiger partial charge is 0.350 e. The Labute approximate surface area is 104 Å². The number of alkyl halides is 1. The summed E-state index contributed by atoms with van der Waals surface area (Å²) in [4.78, 5) is 12.7. The van der Waals surface area contributed by atoms with E-state index < -0.39 is 6.17 Å². The number of hydrogen-bond donors (Lipinski definition) is 2. The molecule has 1 aliphatic rings. The van der Waals surface area contributed by atoms with Crippen molar-refractivity contribution in [3.63, 3.8) is 0 Å². The van der Waals surface area contributed by atoms with Gasteiger partial charge in [-0.05, 0) is 11.4 Å². The van der Waals surface area contributed by atoms with Crippen molar-refractivity contribution in [2.45, 2.75) is 25.2 Å². The predicted molar refractivity (Wildman–Crippen MR) is 64.7 cm³/mol. The lowest BCUT2D eigenvalue weighted by atomic mass is 10.2. The summed E-state index contributed by atoms with van der Waals surface area (Å²) in [7, 11) is 0. The number of carbonyl (C=O) groups excluding carboxylic acids is 1. The average molecular weight is 265 g/mol. The van der Waals surface area contributed by atoms with Gasteiger partial charge in [-0.2, -0.15) is 0 Å². The van der Waals surface area contributed by atoms with E-state index in [0.29, 0.717) is 6.54 Å². The third-order valence-corrected chi connectivity index (χ3v) is 3.29. The summed E-state index contributed by atoms with van der Waals surface area (Å²) in [5.74, 6) is -0.108. The molecule has 0 aromatic carbocycles. The summed E-state index contributed by atoms with van der Waals surface area (Å²) in [6.45, 7) is 0.822. The lowest BCUT2D eigenvalue weighted by molar-refractivity contribution is -0.123. The summed E-state index contributed by atoms with van der Waals surface area (Å²) >= 11 is 1.60. The van der Waals surface area contributed by atoms with Crippen LogP contribution in [0.4, 0.5) is 4.39 Å². The highest BCUT2D eigenvalue weighted by atomic mass is 35.5. The molecule has 0 bridgehead atoms. The lowest BCUT2D eigenvalue weighted by Gasteiger charge is -2.09. The zero-order chi connectivity index (χ0) is 10.7. The molecule has 2 N–H and O–H groups in total. The second-order valence-electron chi connectivity index (χ2n) is 3.59. The van der Waals surface area contributed by atoms with Gasteiger partial charge in [-0.1, -0.05) is 6.07 Å². The molecule has 2 atom stereocenters. The highest BCUT2D eigenvalue weighted by Gasteiger charge is 2.28. The van der Waals surface area contributed by atoms with Gasteiger partial charge >= 0.3 is 0 Å². The van der Waals surface area contributed by atoms with Crippen molar-refractivity contribution in [3.05, 3.63) is 22.4 Å². The molecule has 1 aromatic rings. The normalized spacial score (nSPS) is 23.8. The van der Waals surface area contributed by atoms with Crippen molar-refractivity contribution in [2.24, 2.45) is 0 Å². The van der Waals surface area contributed by atoms with E-state index in [1.165, 1.54) is 0 Å². The van der Waals surface area contributed by atoms with E-state index in [0.717, 1.165) is 4.88 Å². The Balaban J connectivity index is 0.00000128. The van der Waals surface area contributed by atoms with Crippen LogP contribution in [0.5, 0.6) is 0 Å². The molecule has 90 valence electrons. The van der Waals surface area contributed by atoms with Crippen LogP contribution in [-0.2, 0) is 11.3 Å². The van der Waals surface area contributed by atoms with Gasteiger partial charge in [0.2, 0.25) is 5.91 Å². The molecule has 6 heteroatoms. The van der Waals surface area contributed by atoms with Crippen molar-refractivity contribution in [2.75, 3.05) is 6.54 Å². The quantitative estimate of drug-likeness (QED) is 0.869. The Morgan fingerprint density at radius 1 is 1.69 bits per heavy atom. The Kier molecular flexibility index (Phi) is 5.18. The maximum atomic E-state index is 12.8. The Bertz CT molecular complexity index is 334. The first-order valence-electron chi connectivity index (χ1n) is 4.93. The van der Waals surface area contributed by atoms with E-state index in [2.05, 4.69) is 10.6 Å². The molecule has 0 spiro atoms. The minimum Gasteiger partial charge on any atom is -0.350 e. The van der Waals surface area contributed by atoms with Gasteiger partial charge in [0, 0.05) is 17.8 Å². The highest BCUT2D eigenvalue weighted by molar-refractivity contribution is 7.09. The van der Waals surface area contributed by atoms with E-state index >= 15 is 0 Å². The molecule has 0 radical (unpaired) electrons. The molecule has 0 aliphatic carbocycles. The lowest BCUT2D eigenvalue weighted by Crippen LogP contribution is -2.39. The van der Waals surface area contributed by atoms with Crippen molar-refractivity contribution < 1.29 is 9.18 Å². The van der Waals surface area contributed by atoms with Crippen molar-refractivity contribution in [3.8, 4) is 0 Å². The smallest absolute Gasteiger partial charge is 0.237 e. The third kappa shape index (κ3) is 3.43. The molecule has 1 fully saturated rings. The maximum Gasteiger partial charge on any atom is 0.237 e. The predicted octanol–water partition coefficient (Wildman–Crippen LogP) is 1.49. The van der Waals surface area contributed by atoms with Crippen LogP contribution < -0.4 is 10.6 Å². The van der Waals surface area contributed by atoms with Crippen LogP contribution >= 0.6 is 23.7 Å². The zero-order valence-corrected chi connectivity index (χ0v) is 10.2. The second-order valence-corrected chi connectivity index (χ2v) is 4.62. The number of amides is 1. The van der Waals surface area contributed by atoms with E-state index in [1.807, 2.05) is 17.5 Å². The van der Waals surface area contributed by atoms with E-state index in [4.69, 9.17) is 0 Å². The minimum absolute atomic E-state index is 0. The summed E-state index contributed by atoms with van der Waals surface area (Å²) in [6, 6.07) is 3.54. The summed E-state index contributed by atoms with van der Waals surface area (Å²) in [6.07, 6.45) is -0.599. The van der Waals surface area contributed by atoms with E-state index in [9.17, 15) is 9.18 Å². The second kappa shape index (κ2) is 6.18. The van der Waals surface area contributed by atoms with Gasteiger partial charge in [-0.3, -0.25) is 4.79 Å². The first-order valence-corrected chi connectivity index (χ1v) is 5.81. The number of rotatable bonds is 3. The molecule has 1 aliphatic heterocycles. The van der Waals surface area contributed by atoms with Gasteiger partial charge in [0.05, 0.1) is 12.6 Å². The summed E-state index contributed by atoms with van der Waals surface area (Å²) in [5.41, 5.74) is 0. The maximum absolute atomic E-state index is 12.8. The monoisotopic (exact) mass is 264 g/mol. The van der Waals surface area contributed by atoms with Gasteiger partial charge in [-0.25, -0.2) is 4.39 Å². The number of hydrogen-bond acceptors (Lipinski definition) is 3. The molecule has 2 rings (SSSR count). The van der Waals surface area contributed by atoms with Gasteiger partial charge < -0.3 is 10.6 Å². The SMILES string of the molecule is Cl.O=C(NCc1cccs1)[C@H]1C[C@H](F)CN1. The molecule has 2 heterocycles. The fourth-order valence-corrected chi connectivity index (χ4v) is 2.25. The first-order chi connectivity index (χ1) is 7.25. The van der Waals surface area contributed by atoms with Crippen LogP contribution in [0.1, 0.15) is 11.3 Å². The van der Waals surface area contributed by atoms with Crippen molar-refractivity contribution >= 4 is 29.7 Å². The first kappa shape index (κ1) is 13.4. The van der Waals surface area contributed by atoms with Gasteiger partial charge in [0.25, 0.3) is 0 Å². The minimum atomic E-state index is -0.887. The molecule has 0 unspecified atom stereocenters. The van der Waals surface area contributed by atoms with Crippen molar-refractivity contribution in [1.82, 2.24) is 10.6 Å². The zero-order valence-electron chi connectivity index (χ0n) is 8.61. The van der Waals surface area contributed by atoms with Crippen LogP contribution in [0, 0.1) is 0 Å². The van der Waals surface area contributed by atoms with Gasteiger partial charge in [-0.15, -0.1) is 23.7 Å². The number of carbonyl (C=O) groups is 1.